The Kier molecular flexibility index (Phi) is 7.15. The molecule has 1 atom stereocenters. The van der Waals surface area contributed by atoms with Gasteiger partial charge in [0.2, 0.25) is 5.75 Å². The molecule has 2 aromatic rings. The first-order valence-corrected chi connectivity index (χ1v) is 8.81. The number of halogens is 1. The van der Waals surface area contributed by atoms with E-state index in [0.29, 0.717) is 22.8 Å². The zero-order valence-electron chi connectivity index (χ0n) is 15.0. The largest absolute Gasteiger partial charge is 0.480 e. The lowest BCUT2D eigenvalue weighted by Gasteiger charge is -2.16. The zero-order chi connectivity index (χ0) is 20.0. The summed E-state index contributed by atoms with van der Waals surface area (Å²) in [5, 5.41) is 24.0. The van der Waals surface area contributed by atoms with E-state index in [0.717, 1.165) is 0 Å². The van der Waals surface area contributed by atoms with Crippen molar-refractivity contribution in [2.45, 2.75) is 32.9 Å². The maximum absolute atomic E-state index is 11.4. The Bertz CT molecular complexity index is 825. The van der Waals surface area contributed by atoms with E-state index in [4.69, 9.17) is 16.3 Å². The van der Waals surface area contributed by atoms with Crippen molar-refractivity contribution in [2.75, 3.05) is 0 Å². The number of hydrogen-bond acceptors (Lipinski definition) is 5. The van der Waals surface area contributed by atoms with E-state index in [2.05, 4.69) is 5.32 Å². The molecule has 2 aromatic carbocycles. The van der Waals surface area contributed by atoms with Crippen LogP contribution in [0.2, 0.25) is 5.02 Å². The fraction of sp³-hybridized carbons (Fsp3) is 0.316. The highest BCUT2D eigenvalue weighted by molar-refractivity contribution is 6.32. The van der Waals surface area contributed by atoms with Gasteiger partial charge in [-0.25, -0.2) is 0 Å². The summed E-state index contributed by atoms with van der Waals surface area (Å²) in [5.74, 6) is -0.360. The SMILES string of the molecule is CC(C)C[C@@H](NCc1ccc(Oc2ccccc2Cl)c([N+](=O)[O-])c1)C(=O)O. The standard InChI is InChI=1S/C19H21ClN2O5/c1-12(2)9-15(19(23)24)21-11-13-7-8-18(16(10-13)22(25)26)27-17-6-4-3-5-14(17)20/h3-8,10,12,15,21H,9,11H2,1-2H3,(H,23,24)/t15-/m1/s1. The van der Waals surface area contributed by atoms with Crippen molar-refractivity contribution >= 4 is 23.3 Å². The molecule has 0 aromatic heterocycles. The van der Waals surface area contributed by atoms with Crippen LogP contribution in [0.4, 0.5) is 5.69 Å². The Balaban J connectivity index is 2.18. The van der Waals surface area contributed by atoms with Crippen molar-refractivity contribution < 1.29 is 19.6 Å². The number of ether oxygens (including phenoxy) is 1. The minimum absolute atomic E-state index is 0.0637. The number of nitrogens with zero attached hydrogens (tertiary/aromatic N) is 1. The highest BCUT2D eigenvalue weighted by Gasteiger charge is 2.20. The summed E-state index contributed by atoms with van der Waals surface area (Å²) >= 11 is 6.03. The number of para-hydroxylation sites is 1. The molecule has 8 heteroatoms. The number of benzene rings is 2. The molecular weight excluding hydrogens is 372 g/mol. The number of nitro benzene ring substituents is 1. The molecule has 7 nitrogen and oxygen atoms in total. The van der Waals surface area contributed by atoms with Gasteiger partial charge < -0.3 is 15.2 Å². The van der Waals surface area contributed by atoms with Crippen molar-refractivity contribution in [1.82, 2.24) is 5.32 Å². The normalized spacial score (nSPS) is 12.0. The van der Waals surface area contributed by atoms with Gasteiger partial charge in [0.15, 0.2) is 0 Å². The van der Waals surface area contributed by atoms with E-state index < -0.39 is 16.9 Å². The highest BCUT2D eigenvalue weighted by Crippen LogP contribution is 2.35. The summed E-state index contributed by atoms with van der Waals surface area (Å²) < 4.78 is 5.58. The van der Waals surface area contributed by atoms with Gasteiger partial charge >= 0.3 is 11.7 Å². The number of carboxylic acid groups (broad SMARTS) is 1. The van der Waals surface area contributed by atoms with Crippen molar-refractivity contribution in [1.29, 1.82) is 0 Å². The number of rotatable bonds is 9. The van der Waals surface area contributed by atoms with E-state index >= 15 is 0 Å². The molecule has 0 saturated heterocycles. The van der Waals surface area contributed by atoms with E-state index in [1.165, 1.54) is 12.1 Å². The topological polar surface area (TPSA) is 102 Å². The fourth-order valence-electron chi connectivity index (χ4n) is 2.53. The van der Waals surface area contributed by atoms with Crippen LogP contribution in [0.1, 0.15) is 25.8 Å². The molecule has 0 bridgehead atoms. The first kappa shape index (κ1) is 20.7. The minimum Gasteiger partial charge on any atom is -0.480 e. The molecule has 0 spiro atoms. The van der Waals surface area contributed by atoms with Crippen LogP contribution in [-0.4, -0.2) is 22.0 Å². The second kappa shape index (κ2) is 9.34. The van der Waals surface area contributed by atoms with Gasteiger partial charge in [0.1, 0.15) is 11.8 Å². The van der Waals surface area contributed by atoms with Crippen LogP contribution in [0.15, 0.2) is 42.5 Å². The number of aliphatic carboxylic acids is 1. The smallest absolute Gasteiger partial charge is 0.320 e. The average Bonchev–Trinajstić information content (AvgIpc) is 2.60. The fourth-order valence-corrected chi connectivity index (χ4v) is 2.71. The zero-order valence-corrected chi connectivity index (χ0v) is 15.8. The molecular formula is C19H21ClN2O5. The Hall–Kier alpha value is -2.64. The predicted octanol–water partition coefficient (Wildman–Crippen LogP) is 4.63. The van der Waals surface area contributed by atoms with E-state index in [1.807, 2.05) is 13.8 Å². The van der Waals surface area contributed by atoms with Gasteiger partial charge in [0.05, 0.1) is 9.95 Å². The van der Waals surface area contributed by atoms with Crippen LogP contribution in [0.3, 0.4) is 0 Å². The molecule has 0 heterocycles. The van der Waals surface area contributed by atoms with Gasteiger partial charge in [-0.3, -0.25) is 14.9 Å². The van der Waals surface area contributed by atoms with Crippen LogP contribution in [0.5, 0.6) is 11.5 Å². The monoisotopic (exact) mass is 392 g/mol. The van der Waals surface area contributed by atoms with Crippen molar-refractivity contribution in [3.8, 4) is 11.5 Å². The van der Waals surface area contributed by atoms with Gasteiger partial charge in [0.25, 0.3) is 0 Å². The van der Waals surface area contributed by atoms with Gasteiger partial charge in [-0.15, -0.1) is 0 Å². The van der Waals surface area contributed by atoms with Crippen molar-refractivity contribution in [3.63, 3.8) is 0 Å². The molecule has 0 aliphatic heterocycles. The van der Waals surface area contributed by atoms with Gasteiger partial charge in [-0.2, -0.15) is 0 Å². The third-order valence-corrected chi connectivity index (χ3v) is 4.15. The highest BCUT2D eigenvalue weighted by atomic mass is 35.5. The molecule has 0 saturated carbocycles. The average molecular weight is 393 g/mol. The minimum atomic E-state index is -0.947. The van der Waals surface area contributed by atoms with Gasteiger partial charge in [0, 0.05) is 12.6 Å². The molecule has 0 fully saturated rings. The van der Waals surface area contributed by atoms with E-state index in [-0.39, 0.29) is 23.9 Å². The summed E-state index contributed by atoms with van der Waals surface area (Å²) in [4.78, 5) is 22.2. The second-order valence-corrected chi connectivity index (χ2v) is 6.90. The Labute approximate surface area is 162 Å². The number of nitrogens with one attached hydrogen (secondary N) is 1. The van der Waals surface area contributed by atoms with Gasteiger partial charge in [-0.1, -0.05) is 43.6 Å². The van der Waals surface area contributed by atoms with E-state index in [9.17, 15) is 20.0 Å². The number of hydrogen-bond donors (Lipinski definition) is 2. The van der Waals surface area contributed by atoms with E-state index in [1.54, 1.807) is 30.3 Å². The Morgan fingerprint density at radius 2 is 1.96 bits per heavy atom. The molecule has 0 amide bonds. The van der Waals surface area contributed by atoms with Crippen molar-refractivity contribution in [2.24, 2.45) is 5.92 Å². The lowest BCUT2D eigenvalue weighted by Crippen LogP contribution is -2.37. The third-order valence-electron chi connectivity index (χ3n) is 3.83. The Morgan fingerprint density at radius 1 is 1.26 bits per heavy atom. The molecule has 0 aliphatic carbocycles. The van der Waals surface area contributed by atoms with Crippen LogP contribution in [0.25, 0.3) is 0 Å². The molecule has 27 heavy (non-hydrogen) atoms. The molecule has 144 valence electrons. The molecule has 0 radical (unpaired) electrons. The molecule has 0 aliphatic rings. The summed E-state index contributed by atoms with van der Waals surface area (Å²) in [6, 6.07) is 10.5. The second-order valence-electron chi connectivity index (χ2n) is 6.49. The first-order valence-electron chi connectivity index (χ1n) is 8.43. The van der Waals surface area contributed by atoms with Crippen LogP contribution in [0, 0.1) is 16.0 Å². The summed E-state index contributed by atoms with van der Waals surface area (Å²) in [6.07, 6.45) is 0.463. The molecule has 2 rings (SSSR count). The third kappa shape index (κ3) is 5.94. The summed E-state index contributed by atoms with van der Waals surface area (Å²) in [7, 11) is 0. The van der Waals surface area contributed by atoms with Crippen molar-refractivity contribution in [3.05, 3.63) is 63.2 Å². The summed E-state index contributed by atoms with van der Waals surface area (Å²) in [6.45, 7) is 4.06. The van der Waals surface area contributed by atoms with Gasteiger partial charge in [-0.05, 0) is 36.1 Å². The maximum Gasteiger partial charge on any atom is 0.320 e. The molecule has 0 unspecified atom stereocenters. The van der Waals surface area contributed by atoms with Crippen LogP contribution >= 0.6 is 11.6 Å². The first-order chi connectivity index (χ1) is 12.8. The number of nitro groups is 1. The maximum atomic E-state index is 11.4. The van der Waals surface area contributed by atoms with Crippen LogP contribution < -0.4 is 10.1 Å². The number of carbonyl (C=O) groups is 1. The summed E-state index contributed by atoms with van der Waals surface area (Å²) in [5.41, 5.74) is 0.369. The molecule has 2 N–H and O–H groups in total. The lowest BCUT2D eigenvalue weighted by molar-refractivity contribution is -0.385. The Morgan fingerprint density at radius 3 is 2.56 bits per heavy atom. The number of carboxylic acids is 1. The quantitative estimate of drug-likeness (QED) is 0.476. The lowest BCUT2D eigenvalue weighted by atomic mass is 10.0. The van der Waals surface area contributed by atoms with Crippen LogP contribution in [-0.2, 0) is 11.3 Å². The predicted molar refractivity (Wildman–Crippen MR) is 102 cm³/mol.